The highest BCUT2D eigenvalue weighted by molar-refractivity contribution is 5.82. The van der Waals surface area contributed by atoms with Gasteiger partial charge in [-0.2, -0.15) is 0 Å². The molecule has 7 heteroatoms. The van der Waals surface area contributed by atoms with Crippen LogP contribution in [0.25, 0.3) is 0 Å². The molecule has 2 heterocycles. The first-order valence-electron chi connectivity index (χ1n) is 8.01. The van der Waals surface area contributed by atoms with Crippen molar-refractivity contribution in [2.24, 2.45) is 0 Å². The summed E-state index contributed by atoms with van der Waals surface area (Å²) in [5.41, 5.74) is 1.37. The van der Waals surface area contributed by atoms with Crippen LogP contribution in [-0.4, -0.2) is 34.8 Å². The number of carbonyl (C=O) groups excluding carboxylic acids is 1. The molecule has 2 atom stereocenters. The number of hydrogen-bond acceptors (Lipinski definition) is 4. The largest absolute Gasteiger partial charge is 0.477 e. The van der Waals surface area contributed by atoms with Crippen LogP contribution >= 0.6 is 0 Å². The normalized spacial score (nSPS) is 16.8. The van der Waals surface area contributed by atoms with Gasteiger partial charge in [-0.05, 0) is 36.6 Å². The number of nitrogens with one attached hydrogen (secondary N) is 1. The Morgan fingerprint density at radius 2 is 2.12 bits per heavy atom. The fraction of sp³-hybridized carbons (Fsp3) is 0.333. The van der Waals surface area contributed by atoms with Gasteiger partial charge in [-0.1, -0.05) is 0 Å². The Balaban J connectivity index is 1.57. The second-order valence-corrected chi connectivity index (χ2v) is 5.97. The molecule has 0 saturated heterocycles. The van der Waals surface area contributed by atoms with E-state index in [1.807, 2.05) is 12.1 Å². The lowest BCUT2D eigenvalue weighted by molar-refractivity contribution is -0.128. The number of amides is 1. The fourth-order valence-corrected chi connectivity index (χ4v) is 2.82. The number of fused-ring (bicyclic) bond motifs is 1. The molecule has 25 heavy (non-hydrogen) atoms. The van der Waals surface area contributed by atoms with Crippen LogP contribution in [0.3, 0.4) is 0 Å². The second-order valence-electron chi connectivity index (χ2n) is 5.97. The summed E-state index contributed by atoms with van der Waals surface area (Å²) in [6.07, 6.45) is 3.73. The van der Waals surface area contributed by atoms with Crippen molar-refractivity contribution in [3.63, 3.8) is 0 Å². The lowest BCUT2D eigenvalue weighted by Gasteiger charge is -2.19. The molecule has 1 aliphatic heterocycles. The van der Waals surface area contributed by atoms with E-state index in [0.717, 1.165) is 11.6 Å². The third-order valence-electron chi connectivity index (χ3n) is 4.14. The van der Waals surface area contributed by atoms with Gasteiger partial charge in [-0.15, -0.1) is 0 Å². The third kappa shape index (κ3) is 4.11. The van der Waals surface area contributed by atoms with Gasteiger partial charge < -0.3 is 15.2 Å². The third-order valence-corrected chi connectivity index (χ3v) is 4.14. The van der Waals surface area contributed by atoms with Gasteiger partial charge in [-0.25, -0.2) is 8.78 Å². The fourth-order valence-electron chi connectivity index (χ4n) is 2.82. The van der Waals surface area contributed by atoms with Crippen molar-refractivity contribution in [1.29, 1.82) is 0 Å². The van der Waals surface area contributed by atoms with Crippen molar-refractivity contribution in [3.05, 3.63) is 59.4 Å². The average molecular weight is 348 g/mol. The van der Waals surface area contributed by atoms with Crippen LogP contribution in [0.15, 0.2) is 36.7 Å². The Kier molecular flexibility index (Phi) is 5.23. The SMILES string of the molecule is O=C(NC(CO)CCc1ccncc1)C1Cc2cc(F)cc(F)c2O1. The summed E-state index contributed by atoms with van der Waals surface area (Å²) in [4.78, 5) is 16.3. The topological polar surface area (TPSA) is 71.5 Å². The number of carbonyl (C=O) groups is 1. The number of nitrogens with zero attached hydrogens (tertiary/aromatic N) is 1. The molecule has 2 aromatic rings. The molecule has 0 spiro atoms. The average Bonchev–Trinajstić information content (AvgIpc) is 3.04. The van der Waals surface area contributed by atoms with E-state index in [-0.39, 0.29) is 18.8 Å². The molecule has 1 aliphatic rings. The van der Waals surface area contributed by atoms with Crippen LogP contribution in [0.5, 0.6) is 5.75 Å². The maximum absolute atomic E-state index is 13.7. The van der Waals surface area contributed by atoms with Gasteiger partial charge >= 0.3 is 0 Å². The highest BCUT2D eigenvalue weighted by Crippen LogP contribution is 2.32. The number of rotatable bonds is 6. The van der Waals surface area contributed by atoms with E-state index in [1.165, 1.54) is 6.07 Å². The molecule has 1 amide bonds. The Labute approximate surface area is 143 Å². The lowest BCUT2D eigenvalue weighted by atomic mass is 10.1. The first kappa shape index (κ1) is 17.3. The minimum absolute atomic E-state index is 0.0844. The molecular weight excluding hydrogens is 330 g/mol. The summed E-state index contributed by atoms with van der Waals surface area (Å²) >= 11 is 0. The molecule has 0 fully saturated rings. The molecule has 0 saturated carbocycles. The van der Waals surface area contributed by atoms with Crippen molar-refractivity contribution < 1.29 is 23.4 Å². The number of aryl methyl sites for hydroxylation is 1. The maximum Gasteiger partial charge on any atom is 0.261 e. The smallest absolute Gasteiger partial charge is 0.261 e. The van der Waals surface area contributed by atoms with Crippen molar-refractivity contribution in [3.8, 4) is 5.75 Å². The van der Waals surface area contributed by atoms with Crippen LogP contribution in [0.4, 0.5) is 8.78 Å². The summed E-state index contributed by atoms with van der Waals surface area (Å²) in [7, 11) is 0. The van der Waals surface area contributed by atoms with E-state index in [1.54, 1.807) is 12.4 Å². The number of halogens is 2. The highest BCUT2D eigenvalue weighted by atomic mass is 19.1. The minimum Gasteiger partial charge on any atom is -0.477 e. The monoisotopic (exact) mass is 348 g/mol. The zero-order chi connectivity index (χ0) is 17.8. The zero-order valence-electron chi connectivity index (χ0n) is 13.4. The van der Waals surface area contributed by atoms with E-state index in [4.69, 9.17) is 4.74 Å². The second kappa shape index (κ2) is 7.57. The van der Waals surface area contributed by atoms with Gasteiger partial charge in [0.1, 0.15) is 5.82 Å². The lowest BCUT2D eigenvalue weighted by Crippen LogP contribution is -2.45. The van der Waals surface area contributed by atoms with Gasteiger partial charge in [0.2, 0.25) is 0 Å². The number of hydrogen-bond donors (Lipinski definition) is 2. The molecule has 0 aliphatic carbocycles. The summed E-state index contributed by atoms with van der Waals surface area (Å²) in [5.74, 6) is -2.06. The quantitative estimate of drug-likeness (QED) is 0.835. The predicted octanol–water partition coefficient (Wildman–Crippen LogP) is 1.77. The molecular formula is C18H18F2N2O3. The Bertz CT molecular complexity index is 755. The summed E-state index contributed by atoms with van der Waals surface area (Å²) in [5, 5.41) is 12.2. The van der Waals surface area contributed by atoms with Crippen molar-refractivity contribution in [2.45, 2.75) is 31.4 Å². The van der Waals surface area contributed by atoms with Gasteiger partial charge in [0.05, 0.1) is 12.6 Å². The molecule has 0 radical (unpaired) electrons. The number of ether oxygens (including phenoxy) is 1. The Morgan fingerprint density at radius 3 is 2.84 bits per heavy atom. The van der Waals surface area contributed by atoms with Gasteiger partial charge in [0.25, 0.3) is 5.91 Å². The summed E-state index contributed by atoms with van der Waals surface area (Å²) in [6.45, 7) is -0.223. The number of benzene rings is 1. The maximum atomic E-state index is 13.7. The molecule has 1 aromatic carbocycles. The van der Waals surface area contributed by atoms with E-state index >= 15 is 0 Å². The minimum atomic E-state index is -0.929. The summed E-state index contributed by atoms with van der Waals surface area (Å²) < 4.78 is 32.2. The number of aromatic nitrogens is 1. The summed E-state index contributed by atoms with van der Waals surface area (Å²) in [6, 6.07) is 5.17. The number of aliphatic hydroxyl groups excluding tert-OH is 1. The molecule has 2 N–H and O–H groups in total. The van der Waals surface area contributed by atoms with Crippen molar-refractivity contribution in [1.82, 2.24) is 10.3 Å². The predicted molar refractivity (Wildman–Crippen MR) is 86.1 cm³/mol. The van der Waals surface area contributed by atoms with Crippen LogP contribution in [0, 0.1) is 11.6 Å². The standard InChI is InChI=1S/C18H18F2N2O3/c19-13-7-12-8-16(25-17(12)15(20)9-13)18(24)22-14(10-23)2-1-11-3-5-21-6-4-11/h3-7,9,14,16,23H,1-2,8,10H2,(H,22,24). The molecule has 1 aromatic heterocycles. The van der Waals surface area contributed by atoms with Gasteiger partial charge in [0.15, 0.2) is 17.7 Å². The van der Waals surface area contributed by atoms with E-state index in [0.29, 0.717) is 18.4 Å². The van der Waals surface area contributed by atoms with E-state index in [9.17, 15) is 18.7 Å². The van der Waals surface area contributed by atoms with Crippen LogP contribution < -0.4 is 10.1 Å². The number of aliphatic hydroxyl groups is 1. The molecule has 0 bridgehead atoms. The molecule has 132 valence electrons. The van der Waals surface area contributed by atoms with Gasteiger partial charge in [-0.3, -0.25) is 9.78 Å². The molecule has 5 nitrogen and oxygen atoms in total. The van der Waals surface area contributed by atoms with E-state index in [2.05, 4.69) is 10.3 Å². The first-order valence-corrected chi connectivity index (χ1v) is 8.01. The number of pyridine rings is 1. The van der Waals surface area contributed by atoms with Crippen LogP contribution in [0.2, 0.25) is 0 Å². The van der Waals surface area contributed by atoms with Crippen molar-refractivity contribution >= 4 is 5.91 Å². The van der Waals surface area contributed by atoms with Gasteiger partial charge in [0, 0.05) is 30.4 Å². The van der Waals surface area contributed by atoms with E-state index < -0.39 is 29.7 Å². The van der Waals surface area contributed by atoms with Crippen LogP contribution in [-0.2, 0) is 17.6 Å². The molecule has 3 rings (SSSR count). The zero-order valence-corrected chi connectivity index (χ0v) is 13.4. The Morgan fingerprint density at radius 1 is 1.36 bits per heavy atom. The molecule has 2 unspecified atom stereocenters. The van der Waals surface area contributed by atoms with Crippen molar-refractivity contribution in [2.75, 3.05) is 6.61 Å². The van der Waals surface area contributed by atoms with Crippen LogP contribution in [0.1, 0.15) is 17.5 Å². The first-order chi connectivity index (χ1) is 12.1. The highest BCUT2D eigenvalue weighted by Gasteiger charge is 2.32. The Hall–Kier alpha value is -2.54.